The molecule has 0 bridgehead atoms. The molecule has 3 N–H and O–H groups in total. The topological polar surface area (TPSA) is 74.1 Å². The van der Waals surface area contributed by atoms with Gasteiger partial charge < -0.3 is 14.8 Å². The molecule has 3 aromatic rings. The van der Waals surface area contributed by atoms with Crippen LogP contribution in [0.5, 0.6) is 0 Å². The number of aromatic amines is 1. The second-order valence-electron chi connectivity index (χ2n) is 5.54. The van der Waals surface area contributed by atoms with E-state index in [9.17, 15) is 5.11 Å². The average molecular weight is 285 g/mol. The number of aliphatic hydroxyl groups is 1. The summed E-state index contributed by atoms with van der Waals surface area (Å²) in [6.45, 7) is 4.67. The molecule has 1 atom stereocenters. The van der Waals surface area contributed by atoms with E-state index in [4.69, 9.17) is 4.42 Å². The number of hydrogen-bond acceptors (Lipinski definition) is 4. The molecular formula is C16H19N3O2. The molecule has 0 saturated carbocycles. The van der Waals surface area contributed by atoms with Crippen LogP contribution in [0.3, 0.4) is 0 Å². The summed E-state index contributed by atoms with van der Waals surface area (Å²) in [5.41, 5.74) is 1.12. The maximum atomic E-state index is 10.5. The third-order valence-electron chi connectivity index (χ3n) is 3.62. The molecule has 0 aliphatic rings. The summed E-state index contributed by atoms with van der Waals surface area (Å²) in [7, 11) is 0. The van der Waals surface area contributed by atoms with Gasteiger partial charge >= 0.3 is 0 Å². The van der Waals surface area contributed by atoms with E-state index in [-0.39, 0.29) is 0 Å². The van der Waals surface area contributed by atoms with E-state index in [0.29, 0.717) is 18.8 Å². The molecule has 0 radical (unpaired) electrons. The SMILES string of the molecule is Cc1ccc(C(C)(O)CNCc2cccc3cn[nH]c23)o1. The number of para-hydroxylation sites is 1. The van der Waals surface area contributed by atoms with Gasteiger partial charge in [0.05, 0.1) is 11.7 Å². The van der Waals surface area contributed by atoms with Crippen LogP contribution in [-0.4, -0.2) is 21.8 Å². The predicted octanol–water partition coefficient (Wildman–Crippen LogP) is 2.46. The lowest BCUT2D eigenvalue weighted by Crippen LogP contribution is -2.34. The lowest BCUT2D eigenvalue weighted by molar-refractivity contribution is 0.0333. The largest absolute Gasteiger partial charge is 0.463 e. The Bertz CT molecular complexity index is 743. The average Bonchev–Trinajstić information content (AvgIpc) is 3.07. The number of rotatable bonds is 5. The molecule has 2 aromatic heterocycles. The number of aromatic nitrogens is 2. The number of hydrogen-bond donors (Lipinski definition) is 3. The summed E-state index contributed by atoms with van der Waals surface area (Å²) in [4.78, 5) is 0. The lowest BCUT2D eigenvalue weighted by atomic mass is 10.0. The molecule has 5 nitrogen and oxygen atoms in total. The fourth-order valence-corrected chi connectivity index (χ4v) is 2.43. The minimum atomic E-state index is -1.03. The van der Waals surface area contributed by atoms with E-state index >= 15 is 0 Å². The smallest absolute Gasteiger partial charge is 0.136 e. The molecule has 1 unspecified atom stereocenters. The Kier molecular flexibility index (Phi) is 3.53. The van der Waals surface area contributed by atoms with Gasteiger partial charge in [-0.25, -0.2) is 0 Å². The zero-order valence-electron chi connectivity index (χ0n) is 12.2. The molecule has 1 aromatic carbocycles. The van der Waals surface area contributed by atoms with Crippen molar-refractivity contribution in [3.63, 3.8) is 0 Å². The van der Waals surface area contributed by atoms with E-state index in [1.54, 1.807) is 13.1 Å². The number of nitrogens with one attached hydrogen (secondary N) is 2. The minimum absolute atomic E-state index is 0.407. The van der Waals surface area contributed by atoms with Crippen LogP contribution in [0.4, 0.5) is 0 Å². The van der Waals surface area contributed by atoms with Crippen LogP contribution in [-0.2, 0) is 12.1 Å². The Balaban J connectivity index is 1.67. The predicted molar refractivity (Wildman–Crippen MR) is 80.8 cm³/mol. The van der Waals surface area contributed by atoms with Crippen molar-refractivity contribution in [2.24, 2.45) is 0 Å². The number of nitrogens with zero attached hydrogens (tertiary/aromatic N) is 1. The Morgan fingerprint density at radius 1 is 1.33 bits per heavy atom. The maximum absolute atomic E-state index is 10.5. The monoisotopic (exact) mass is 285 g/mol. The van der Waals surface area contributed by atoms with Crippen molar-refractivity contribution < 1.29 is 9.52 Å². The van der Waals surface area contributed by atoms with E-state index < -0.39 is 5.60 Å². The highest BCUT2D eigenvalue weighted by Crippen LogP contribution is 2.22. The molecule has 0 saturated heterocycles. The summed E-state index contributed by atoms with van der Waals surface area (Å²) in [6.07, 6.45) is 1.81. The van der Waals surface area contributed by atoms with Crippen molar-refractivity contribution in [2.75, 3.05) is 6.54 Å². The highest BCUT2D eigenvalue weighted by atomic mass is 16.4. The molecule has 0 aliphatic carbocycles. The highest BCUT2D eigenvalue weighted by molar-refractivity contribution is 5.81. The van der Waals surface area contributed by atoms with Gasteiger partial charge in [0.2, 0.25) is 0 Å². The fourth-order valence-electron chi connectivity index (χ4n) is 2.43. The minimum Gasteiger partial charge on any atom is -0.463 e. The Labute approximate surface area is 123 Å². The van der Waals surface area contributed by atoms with E-state index in [0.717, 1.165) is 22.2 Å². The van der Waals surface area contributed by atoms with Crippen molar-refractivity contribution in [1.29, 1.82) is 0 Å². The standard InChI is InChI=1S/C16H19N3O2/c1-11-6-7-14(21-11)16(2,20)10-17-8-12-4-3-5-13-9-18-19-15(12)13/h3-7,9,17,20H,8,10H2,1-2H3,(H,18,19). The molecule has 5 heteroatoms. The summed E-state index contributed by atoms with van der Waals surface area (Å²) >= 11 is 0. The fraction of sp³-hybridized carbons (Fsp3) is 0.312. The van der Waals surface area contributed by atoms with Gasteiger partial charge in [0.15, 0.2) is 0 Å². The Morgan fingerprint density at radius 2 is 2.19 bits per heavy atom. The summed E-state index contributed by atoms with van der Waals surface area (Å²) in [5.74, 6) is 1.37. The van der Waals surface area contributed by atoms with Crippen LogP contribution in [0.1, 0.15) is 24.0 Å². The first-order valence-electron chi connectivity index (χ1n) is 6.97. The molecule has 0 aliphatic heterocycles. The molecule has 0 fully saturated rings. The van der Waals surface area contributed by atoms with Crippen molar-refractivity contribution in [3.05, 3.63) is 53.6 Å². The van der Waals surface area contributed by atoms with Gasteiger partial charge in [0.1, 0.15) is 17.1 Å². The number of H-pyrrole nitrogens is 1. The Hall–Kier alpha value is -2.11. The van der Waals surface area contributed by atoms with Gasteiger partial charge in [-0.05, 0) is 31.5 Å². The van der Waals surface area contributed by atoms with Crippen LogP contribution in [0, 0.1) is 6.92 Å². The summed E-state index contributed by atoms with van der Waals surface area (Å²) in [6, 6.07) is 9.73. The van der Waals surface area contributed by atoms with Crippen LogP contribution < -0.4 is 5.32 Å². The van der Waals surface area contributed by atoms with Crippen molar-refractivity contribution in [2.45, 2.75) is 26.0 Å². The normalized spacial score (nSPS) is 14.4. The van der Waals surface area contributed by atoms with Crippen molar-refractivity contribution >= 4 is 10.9 Å². The van der Waals surface area contributed by atoms with Gasteiger partial charge in [0.25, 0.3) is 0 Å². The second kappa shape index (κ2) is 5.35. The second-order valence-corrected chi connectivity index (χ2v) is 5.54. The van der Waals surface area contributed by atoms with E-state index in [1.165, 1.54) is 0 Å². The number of furan rings is 1. The number of aryl methyl sites for hydroxylation is 1. The number of fused-ring (bicyclic) bond motifs is 1. The molecule has 3 rings (SSSR count). The quantitative estimate of drug-likeness (QED) is 0.673. The zero-order valence-corrected chi connectivity index (χ0v) is 12.2. The van der Waals surface area contributed by atoms with Crippen molar-refractivity contribution in [3.8, 4) is 0 Å². The maximum Gasteiger partial charge on any atom is 0.136 e. The van der Waals surface area contributed by atoms with Crippen LogP contribution in [0.2, 0.25) is 0 Å². The third kappa shape index (κ3) is 2.84. The molecule has 2 heterocycles. The van der Waals surface area contributed by atoms with Gasteiger partial charge in [0, 0.05) is 18.5 Å². The lowest BCUT2D eigenvalue weighted by Gasteiger charge is -2.21. The van der Waals surface area contributed by atoms with Gasteiger partial charge in [-0.15, -0.1) is 0 Å². The highest BCUT2D eigenvalue weighted by Gasteiger charge is 2.26. The third-order valence-corrected chi connectivity index (χ3v) is 3.62. The molecule has 110 valence electrons. The summed E-state index contributed by atoms with van der Waals surface area (Å²) in [5, 5.41) is 21.9. The van der Waals surface area contributed by atoms with Gasteiger partial charge in [-0.3, -0.25) is 5.10 Å². The molecule has 21 heavy (non-hydrogen) atoms. The van der Waals surface area contributed by atoms with Crippen molar-refractivity contribution in [1.82, 2.24) is 15.5 Å². The van der Waals surface area contributed by atoms with Gasteiger partial charge in [-0.1, -0.05) is 18.2 Å². The first kappa shape index (κ1) is 13.9. The summed E-state index contributed by atoms with van der Waals surface area (Å²) < 4.78 is 5.50. The van der Waals surface area contributed by atoms with E-state index in [2.05, 4.69) is 15.5 Å². The number of benzene rings is 1. The molecule has 0 spiro atoms. The van der Waals surface area contributed by atoms with Crippen LogP contribution in [0.25, 0.3) is 10.9 Å². The first-order chi connectivity index (χ1) is 10.1. The molecular weight excluding hydrogens is 266 g/mol. The van der Waals surface area contributed by atoms with E-state index in [1.807, 2.05) is 37.3 Å². The Morgan fingerprint density at radius 3 is 2.95 bits per heavy atom. The van der Waals surface area contributed by atoms with Gasteiger partial charge in [-0.2, -0.15) is 5.10 Å². The van der Waals surface area contributed by atoms with Crippen LogP contribution in [0.15, 0.2) is 40.9 Å². The first-order valence-corrected chi connectivity index (χ1v) is 6.97. The van der Waals surface area contributed by atoms with Crippen LogP contribution >= 0.6 is 0 Å². The molecule has 0 amide bonds. The zero-order chi connectivity index (χ0) is 14.9.